The van der Waals surface area contributed by atoms with Gasteiger partial charge in [0.2, 0.25) is 11.8 Å². The smallest absolute Gasteiger partial charge is 0.305 e. The number of carboxylic acid groups (broad SMARTS) is 1. The molecule has 0 radical (unpaired) electrons. The number of carboxylic acids is 1. The van der Waals surface area contributed by atoms with Crippen LogP contribution in [-0.2, 0) is 14.4 Å². The quantitative estimate of drug-likeness (QED) is 0.825. The van der Waals surface area contributed by atoms with Crippen LogP contribution in [0.25, 0.3) is 0 Å². The predicted molar refractivity (Wildman–Crippen MR) is 83.0 cm³/mol. The van der Waals surface area contributed by atoms with Crippen molar-refractivity contribution in [3.05, 3.63) is 34.3 Å². The lowest BCUT2D eigenvalue weighted by atomic mass is 10.0. The summed E-state index contributed by atoms with van der Waals surface area (Å²) in [4.78, 5) is 36.3. The van der Waals surface area contributed by atoms with E-state index in [0.29, 0.717) is 6.54 Å². The van der Waals surface area contributed by atoms with Gasteiger partial charge in [-0.2, -0.15) is 0 Å². The fourth-order valence-electron chi connectivity index (χ4n) is 2.45. The minimum atomic E-state index is -0.993. The molecule has 1 saturated heterocycles. The number of likely N-dealkylation sites (tertiary alicyclic amines) is 1. The molecule has 22 heavy (non-hydrogen) atoms. The molecule has 1 aromatic rings. The molecule has 1 heterocycles. The largest absolute Gasteiger partial charge is 0.481 e. The summed E-state index contributed by atoms with van der Waals surface area (Å²) in [6.45, 7) is 0.366. The summed E-state index contributed by atoms with van der Waals surface area (Å²) in [5.74, 6) is -1.78. The van der Waals surface area contributed by atoms with Crippen LogP contribution >= 0.6 is 15.9 Å². The number of benzene rings is 1. The van der Waals surface area contributed by atoms with Crippen LogP contribution in [0.2, 0.25) is 0 Å². The lowest BCUT2D eigenvalue weighted by Crippen LogP contribution is -2.36. The molecule has 2 atom stereocenters. The SMILES string of the molecule is CN1C[C@H](C(=O)N[C@@H](CC(=O)O)c2ccc(Br)cc2)CC1=O. The van der Waals surface area contributed by atoms with E-state index in [1.165, 1.54) is 4.90 Å². The Labute approximate surface area is 136 Å². The Morgan fingerprint density at radius 1 is 1.41 bits per heavy atom. The van der Waals surface area contributed by atoms with E-state index in [9.17, 15) is 14.4 Å². The Morgan fingerprint density at radius 3 is 2.55 bits per heavy atom. The van der Waals surface area contributed by atoms with Crippen molar-refractivity contribution in [3.8, 4) is 0 Å². The normalized spacial score (nSPS) is 19.1. The average Bonchev–Trinajstić information content (AvgIpc) is 2.78. The highest BCUT2D eigenvalue weighted by Crippen LogP contribution is 2.22. The van der Waals surface area contributed by atoms with E-state index in [2.05, 4.69) is 21.2 Å². The average molecular weight is 369 g/mol. The maximum atomic E-state index is 12.3. The van der Waals surface area contributed by atoms with Crippen LogP contribution < -0.4 is 5.32 Å². The van der Waals surface area contributed by atoms with E-state index < -0.39 is 17.9 Å². The zero-order valence-corrected chi connectivity index (χ0v) is 13.7. The molecule has 118 valence electrons. The van der Waals surface area contributed by atoms with Crippen LogP contribution in [0.1, 0.15) is 24.4 Å². The van der Waals surface area contributed by atoms with Gasteiger partial charge >= 0.3 is 5.97 Å². The molecule has 0 bridgehead atoms. The van der Waals surface area contributed by atoms with Crippen LogP contribution in [0.15, 0.2) is 28.7 Å². The second-order valence-corrected chi connectivity index (χ2v) is 6.30. The summed E-state index contributed by atoms with van der Waals surface area (Å²) >= 11 is 3.32. The number of halogens is 1. The first-order chi connectivity index (χ1) is 10.4. The molecule has 0 saturated carbocycles. The Hall–Kier alpha value is -1.89. The highest BCUT2D eigenvalue weighted by atomic mass is 79.9. The van der Waals surface area contributed by atoms with Gasteiger partial charge in [-0.3, -0.25) is 14.4 Å². The zero-order chi connectivity index (χ0) is 16.3. The monoisotopic (exact) mass is 368 g/mol. The molecule has 2 N–H and O–H groups in total. The molecule has 7 heteroatoms. The van der Waals surface area contributed by atoms with E-state index in [1.807, 2.05) is 0 Å². The first kappa shape index (κ1) is 16.5. The van der Waals surface area contributed by atoms with Gasteiger partial charge in [0, 0.05) is 24.5 Å². The number of carbonyl (C=O) groups excluding carboxylic acids is 2. The molecule has 0 spiro atoms. The molecular formula is C15H17BrN2O4. The van der Waals surface area contributed by atoms with Gasteiger partial charge in [0.25, 0.3) is 0 Å². The first-order valence-electron chi connectivity index (χ1n) is 6.88. The number of amides is 2. The number of nitrogens with one attached hydrogen (secondary N) is 1. The summed E-state index contributed by atoms with van der Waals surface area (Å²) in [5, 5.41) is 11.8. The summed E-state index contributed by atoms with van der Waals surface area (Å²) < 4.78 is 0.875. The van der Waals surface area contributed by atoms with Crippen molar-refractivity contribution in [1.29, 1.82) is 0 Å². The van der Waals surface area contributed by atoms with Gasteiger partial charge in [0.1, 0.15) is 0 Å². The van der Waals surface area contributed by atoms with Crippen molar-refractivity contribution < 1.29 is 19.5 Å². The van der Waals surface area contributed by atoms with Gasteiger partial charge in [-0.1, -0.05) is 28.1 Å². The number of carbonyl (C=O) groups is 3. The standard InChI is InChI=1S/C15H17BrN2O4/c1-18-8-10(6-13(18)19)15(22)17-12(7-14(20)21)9-2-4-11(16)5-3-9/h2-5,10,12H,6-8H2,1H3,(H,17,22)(H,20,21)/t10-,12+/m1/s1. The summed E-state index contributed by atoms with van der Waals surface area (Å²) in [7, 11) is 1.65. The molecule has 2 amide bonds. The van der Waals surface area contributed by atoms with Crippen LogP contribution in [0.4, 0.5) is 0 Å². The summed E-state index contributed by atoms with van der Waals surface area (Å²) in [6.07, 6.45) is -0.0354. The van der Waals surface area contributed by atoms with Crippen LogP contribution in [0.5, 0.6) is 0 Å². The van der Waals surface area contributed by atoms with Crippen LogP contribution in [0, 0.1) is 5.92 Å². The lowest BCUT2D eigenvalue weighted by molar-refractivity contribution is -0.138. The fraction of sp³-hybridized carbons (Fsp3) is 0.400. The molecule has 1 aromatic carbocycles. The lowest BCUT2D eigenvalue weighted by Gasteiger charge is -2.20. The summed E-state index contributed by atoms with van der Waals surface area (Å²) in [6, 6.07) is 6.51. The minimum absolute atomic E-state index is 0.0708. The Kier molecular flexibility index (Phi) is 5.18. The van der Waals surface area contributed by atoms with Crippen molar-refractivity contribution in [2.24, 2.45) is 5.92 Å². The third-order valence-electron chi connectivity index (χ3n) is 3.68. The second kappa shape index (κ2) is 6.91. The molecule has 2 rings (SSSR count). The maximum Gasteiger partial charge on any atom is 0.305 e. The van der Waals surface area contributed by atoms with E-state index in [1.54, 1.807) is 31.3 Å². The van der Waals surface area contributed by atoms with Crippen molar-refractivity contribution >= 4 is 33.7 Å². The Balaban J connectivity index is 2.09. The van der Waals surface area contributed by atoms with Crippen molar-refractivity contribution in [2.75, 3.05) is 13.6 Å². The van der Waals surface area contributed by atoms with E-state index in [4.69, 9.17) is 5.11 Å². The highest BCUT2D eigenvalue weighted by molar-refractivity contribution is 9.10. The van der Waals surface area contributed by atoms with E-state index in [-0.39, 0.29) is 24.7 Å². The maximum absolute atomic E-state index is 12.3. The number of rotatable bonds is 5. The summed E-state index contributed by atoms with van der Waals surface area (Å²) in [5.41, 5.74) is 0.719. The van der Waals surface area contributed by atoms with Gasteiger partial charge in [-0.15, -0.1) is 0 Å². The van der Waals surface area contributed by atoms with Crippen molar-refractivity contribution in [1.82, 2.24) is 10.2 Å². The molecule has 0 unspecified atom stereocenters. The van der Waals surface area contributed by atoms with Gasteiger partial charge in [-0.25, -0.2) is 0 Å². The van der Waals surface area contributed by atoms with Crippen molar-refractivity contribution in [2.45, 2.75) is 18.9 Å². The molecule has 0 aliphatic carbocycles. The Morgan fingerprint density at radius 2 is 2.05 bits per heavy atom. The highest BCUT2D eigenvalue weighted by Gasteiger charge is 2.33. The third kappa shape index (κ3) is 4.07. The molecule has 1 aliphatic rings. The van der Waals surface area contributed by atoms with Crippen LogP contribution in [-0.4, -0.2) is 41.4 Å². The van der Waals surface area contributed by atoms with E-state index >= 15 is 0 Å². The minimum Gasteiger partial charge on any atom is -0.481 e. The molecule has 1 fully saturated rings. The molecule has 6 nitrogen and oxygen atoms in total. The van der Waals surface area contributed by atoms with Gasteiger partial charge < -0.3 is 15.3 Å². The second-order valence-electron chi connectivity index (χ2n) is 5.39. The number of hydrogen-bond donors (Lipinski definition) is 2. The predicted octanol–water partition coefficient (Wildman–Crippen LogP) is 1.56. The number of nitrogens with zero attached hydrogens (tertiary/aromatic N) is 1. The first-order valence-corrected chi connectivity index (χ1v) is 7.67. The van der Waals surface area contributed by atoms with E-state index in [0.717, 1.165) is 10.0 Å². The van der Waals surface area contributed by atoms with Crippen LogP contribution in [0.3, 0.4) is 0 Å². The zero-order valence-electron chi connectivity index (χ0n) is 12.1. The van der Waals surface area contributed by atoms with Gasteiger partial charge in [0.05, 0.1) is 18.4 Å². The topological polar surface area (TPSA) is 86.7 Å². The van der Waals surface area contributed by atoms with Gasteiger partial charge in [0.15, 0.2) is 0 Å². The third-order valence-corrected chi connectivity index (χ3v) is 4.21. The molecule has 0 aromatic heterocycles. The fourth-order valence-corrected chi connectivity index (χ4v) is 2.72. The molecular weight excluding hydrogens is 352 g/mol. The molecule has 1 aliphatic heterocycles. The number of aliphatic carboxylic acids is 1. The van der Waals surface area contributed by atoms with Crippen molar-refractivity contribution in [3.63, 3.8) is 0 Å². The van der Waals surface area contributed by atoms with Gasteiger partial charge in [-0.05, 0) is 17.7 Å². The Bertz CT molecular complexity index is 588. The number of hydrogen-bond acceptors (Lipinski definition) is 3.